The monoisotopic (exact) mass is 335 g/mol. The molecule has 1 amide bonds. The van der Waals surface area contributed by atoms with Crippen molar-refractivity contribution in [1.82, 2.24) is 9.88 Å². The molecule has 0 N–H and O–H groups in total. The Bertz CT molecular complexity index is 765. The Kier molecular flexibility index (Phi) is 4.43. The predicted octanol–water partition coefficient (Wildman–Crippen LogP) is 4.18. The van der Waals surface area contributed by atoms with Crippen LogP contribution in [0, 0.1) is 0 Å². The average molecular weight is 335 g/mol. The van der Waals surface area contributed by atoms with Gasteiger partial charge in [0.15, 0.2) is 0 Å². The minimum atomic E-state index is 0.126. The molecule has 4 heteroatoms. The smallest absolute Gasteiger partial charge is 0.257 e. The summed E-state index contributed by atoms with van der Waals surface area (Å²) in [6.07, 6.45) is 7.43. The van der Waals surface area contributed by atoms with Gasteiger partial charge in [0.05, 0.1) is 5.56 Å². The molecule has 2 aromatic rings. The van der Waals surface area contributed by atoms with E-state index in [2.05, 4.69) is 41.1 Å². The van der Waals surface area contributed by atoms with Crippen LogP contribution in [0.4, 0.5) is 11.5 Å². The molecule has 2 aliphatic rings. The Morgan fingerprint density at radius 3 is 2.60 bits per heavy atom. The van der Waals surface area contributed by atoms with E-state index in [1.165, 1.54) is 24.1 Å². The molecule has 0 aliphatic carbocycles. The lowest BCUT2D eigenvalue weighted by Crippen LogP contribution is -2.34. The number of fused-ring (bicyclic) bond motifs is 1. The van der Waals surface area contributed by atoms with E-state index in [-0.39, 0.29) is 5.91 Å². The Hall–Kier alpha value is -2.36. The molecule has 1 aromatic carbocycles. The Labute approximate surface area is 149 Å². The molecule has 4 nitrogen and oxygen atoms in total. The van der Waals surface area contributed by atoms with Crippen molar-refractivity contribution in [2.45, 2.75) is 45.1 Å². The van der Waals surface area contributed by atoms with Gasteiger partial charge in [-0.1, -0.05) is 31.0 Å². The molecule has 0 saturated carbocycles. The molecule has 25 heavy (non-hydrogen) atoms. The first kappa shape index (κ1) is 16.1. The highest BCUT2D eigenvalue weighted by atomic mass is 16.2. The van der Waals surface area contributed by atoms with Gasteiger partial charge in [0, 0.05) is 31.0 Å². The largest absolute Gasteiger partial charge is 0.339 e. The number of aromatic nitrogens is 1. The second-order valence-corrected chi connectivity index (χ2v) is 7.13. The Morgan fingerprint density at radius 2 is 1.80 bits per heavy atom. The SMILES string of the molecule is CC1Cc2ccccc2N1c1ncccc1C(=O)N1CCCCCC1. The van der Waals surface area contributed by atoms with Crippen LogP contribution in [0.3, 0.4) is 0 Å². The molecule has 0 bridgehead atoms. The molecular weight excluding hydrogens is 310 g/mol. The number of anilines is 2. The quantitative estimate of drug-likeness (QED) is 0.826. The van der Waals surface area contributed by atoms with Crippen molar-refractivity contribution in [1.29, 1.82) is 0 Å². The van der Waals surface area contributed by atoms with Crippen molar-refractivity contribution < 1.29 is 4.79 Å². The summed E-state index contributed by atoms with van der Waals surface area (Å²) in [7, 11) is 0. The fourth-order valence-corrected chi connectivity index (χ4v) is 4.09. The van der Waals surface area contributed by atoms with E-state index in [1.54, 1.807) is 6.20 Å². The number of rotatable bonds is 2. The van der Waals surface area contributed by atoms with Crippen molar-refractivity contribution in [3.8, 4) is 0 Å². The first-order chi connectivity index (χ1) is 12.3. The molecule has 1 saturated heterocycles. The maximum Gasteiger partial charge on any atom is 0.257 e. The van der Waals surface area contributed by atoms with E-state index < -0.39 is 0 Å². The standard InChI is InChI=1S/C21H25N3O/c1-16-15-17-9-4-5-11-19(17)24(16)20-18(10-8-12-22-20)21(25)23-13-6-2-3-7-14-23/h4-5,8-12,16H,2-3,6-7,13-15H2,1H3. The highest BCUT2D eigenvalue weighted by Crippen LogP contribution is 2.38. The highest BCUT2D eigenvalue weighted by Gasteiger charge is 2.31. The van der Waals surface area contributed by atoms with E-state index in [0.29, 0.717) is 6.04 Å². The second-order valence-electron chi connectivity index (χ2n) is 7.13. The van der Waals surface area contributed by atoms with Crippen LogP contribution in [0.5, 0.6) is 0 Å². The fourth-order valence-electron chi connectivity index (χ4n) is 4.09. The molecule has 2 aliphatic heterocycles. The average Bonchev–Trinajstić information content (AvgIpc) is 2.80. The maximum atomic E-state index is 13.2. The lowest BCUT2D eigenvalue weighted by molar-refractivity contribution is 0.0762. The third kappa shape index (κ3) is 3.01. The number of carbonyl (C=O) groups is 1. The first-order valence-electron chi connectivity index (χ1n) is 9.37. The van der Waals surface area contributed by atoms with E-state index in [0.717, 1.165) is 43.7 Å². The molecule has 0 spiro atoms. The van der Waals surface area contributed by atoms with Crippen LogP contribution >= 0.6 is 0 Å². The number of carbonyl (C=O) groups excluding carboxylic acids is 1. The number of benzene rings is 1. The summed E-state index contributed by atoms with van der Waals surface area (Å²) in [4.78, 5) is 22.1. The highest BCUT2D eigenvalue weighted by molar-refractivity contribution is 6.00. The van der Waals surface area contributed by atoms with E-state index in [9.17, 15) is 4.79 Å². The van der Waals surface area contributed by atoms with Crippen molar-refractivity contribution >= 4 is 17.4 Å². The molecule has 4 rings (SSSR count). The van der Waals surface area contributed by atoms with Gasteiger partial charge in [-0.3, -0.25) is 4.79 Å². The van der Waals surface area contributed by atoms with Gasteiger partial charge in [-0.15, -0.1) is 0 Å². The van der Waals surface area contributed by atoms with Crippen LogP contribution < -0.4 is 4.90 Å². The fraction of sp³-hybridized carbons (Fsp3) is 0.429. The predicted molar refractivity (Wildman–Crippen MR) is 100 cm³/mol. The molecule has 0 radical (unpaired) electrons. The Balaban J connectivity index is 1.71. The zero-order valence-electron chi connectivity index (χ0n) is 14.8. The topological polar surface area (TPSA) is 36.4 Å². The molecule has 3 heterocycles. The van der Waals surface area contributed by atoms with Gasteiger partial charge >= 0.3 is 0 Å². The van der Waals surface area contributed by atoms with Gasteiger partial charge < -0.3 is 9.80 Å². The summed E-state index contributed by atoms with van der Waals surface area (Å²) in [6.45, 7) is 3.92. The maximum absolute atomic E-state index is 13.2. The van der Waals surface area contributed by atoms with Gasteiger partial charge in [-0.2, -0.15) is 0 Å². The zero-order valence-corrected chi connectivity index (χ0v) is 14.8. The van der Waals surface area contributed by atoms with Crippen LogP contribution in [-0.2, 0) is 6.42 Å². The van der Waals surface area contributed by atoms with Gasteiger partial charge in [0.25, 0.3) is 5.91 Å². The van der Waals surface area contributed by atoms with Crippen molar-refractivity contribution in [3.05, 3.63) is 53.7 Å². The third-order valence-electron chi connectivity index (χ3n) is 5.35. The first-order valence-corrected chi connectivity index (χ1v) is 9.37. The van der Waals surface area contributed by atoms with Gasteiger partial charge in [-0.25, -0.2) is 4.98 Å². The van der Waals surface area contributed by atoms with Gasteiger partial charge in [0.2, 0.25) is 0 Å². The number of amides is 1. The molecule has 1 fully saturated rings. The molecular formula is C21H25N3O. The number of likely N-dealkylation sites (tertiary alicyclic amines) is 1. The van der Waals surface area contributed by atoms with Crippen LogP contribution in [-0.4, -0.2) is 34.9 Å². The molecule has 1 aromatic heterocycles. The third-order valence-corrected chi connectivity index (χ3v) is 5.35. The summed E-state index contributed by atoms with van der Waals surface area (Å²) >= 11 is 0. The number of hydrogen-bond donors (Lipinski definition) is 0. The lowest BCUT2D eigenvalue weighted by atomic mass is 10.1. The number of para-hydroxylation sites is 1. The Morgan fingerprint density at radius 1 is 1.04 bits per heavy atom. The van der Waals surface area contributed by atoms with Crippen LogP contribution in [0.2, 0.25) is 0 Å². The summed E-state index contributed by atoms with van der Waals surface area (Å²) < 4.78 is 0. The lowest BCUT2D eigenvalue weighted by Gasteiger charge is -2.28. The molecule has 1 unspecified atom stereocenters. The van der Waals surface area contributed by atoms with Gasteiger partial charge in [-0.05, 0) is 49.9 Å². The van der Waals surface area contributed by atoms with E-state index in [4.69, 9.17) is 0 Å². The molecule has 1 atom stereocenters. The van der Waals surface area contributed by atoms with E-state index in [1.807, 2.05) is 17.0 Å². The van der Waals surface area contributed by atoms with Crippen LogP contribution in [0.15, 0.2) is 42.6 Å². The summed E-state index contributed by atoms with van der Waals surface area (Å²) in [5.41, 5.74) is 3.24. The van der Waals surface area contributed by atoms with Crippen molar-refractivity contribution in [2.75, 3.05) is 18.0 Å². The minimum Gasteiger partial charge on any atom is -0.339 e. The summed E-state index contributed by atoms with van der Waals surface area (Å²) in [6, 6.07) is 12.6. The van der Waals surface area contributed by atoms with Crippen molar-refractivity contribution in [2.24, 2.45) is 0 Å². The summed E-state index contributed by atoms with van der Waals surface area (Å²) in [5, 5.41) is 0. The summed E-state index contributed by atoms with van der Waals surface area (Å²) in [5.74, 6) is 0.927. The minimum absolute atomic E-state index is 0.126. The number of hydrogen-bond acceptors (Lipinski definition) is 3. The second kappa shape index (κ2) is 6.87. The van der Waals surface area contributed by atoms with Gasteiger partial charge in [0.1, 0.15) is 5.82 Å². The van der Waals surface area contributed by atoms with E-state index >= 15 is 0 Å². The normalized spacial score (nSPS) is 20.3. The zero-order chi connectivity index (χ0) is 17.2. The number of pyridine rings is 1. The number of nitrogens with zero attached hydrogens (tertiary/aromatic N) is 3. The molecule has 130 valence electrons. The van der Waals surface area contributed by atoms with Crippen LogP contribution in [0.25, 0.3) is 0 Å². The van der Waals surface area contributed by atoms with Crippen molar-refractivity contribution in [3.63, 3.8) is 0 Å². The van der Waals surface area contributed by atoms with Crippen LogP contribution in [0.1, 0.15) is 48.5 Å².